The molecule has 1 aliphatic heterocycles. The number of hydrogen-bond donors (Lipinski definition) is 1. The number of nitrogens with zero attached hydrogens (tertiary/aromatic N) is 2. The van der Waals surface area contributed by atoms with E-state index in [1.54, 1.807) is 13.3 Å². The lowest BCUT2D eigenvalue weighted by atomic mass is 9.95. The van der Waals surface area contributed by atoms with Crippen molar-refractivity contribution in [3.63, 3.8) is 0 Å². The zero-order chi connectivity index (χ0) is 13.8. The summed E-state index contributed by atoms with van der Waals surface area (Å²) in [6.07, 6.45) is 3.19. The van der Waals surface area contributed by atoms with E-state index >= 15 is 0 Å². The molecular weight excluding hydrogens is 258 g/mol. The van der Waals surface area contributed by atoms with Crippen LogP contribution in [0.1, 0.15) is 24.6 Å². The number of pyridine rings is 1. The van der Waals surface area contributed by atoms with Crippen LogP contribution in [0.5, 0.6) is 0 Å². The highest BCUT2D eigenvalue weighted by Crippen LogP contribution is 2.21. The number of hydrogen-bond acceptors (Lipinski definition) is 4. The van der Waals surface area contributed by atoms with Crippen molar-refractivity contribution < 1.29 is 4.74 Å². The van der Waals surface area contributed by atoms with E-state index in [1.165, 1.54) is 0 Å². The lowest BCUT2D eigenvalue weighted by Crippen LogP contribution is -2.43. The van der Waals surface area contributed by atoms with Crippen molar-refractivity contribution in [2.75, 3.05) is 20.2 Å². The van der Waals surface area contributed by atoms with Crippen molar-refractivity contribution in [3.8, 4) is 0 Å². The Labute approximate surface area is 120 Å². The van der Waals surface area contributed by atoms with E-state index in [9.17, 15) is 0 Å². The summed E-state index contributed by atoms with van der Waals surface area (Å²) in [5, 5.41) is 0. The third kappa shape index (κ3) is 3.49. The highest BCUT2D eigenvalue weighted by atomic mass is 32.1. The number of likely N-dealkylation sites (tertiary alicyclic amines) is 1. The predicted molar refractivity (Wildman–Crippen MR) is 80.0 cm³/mol. The van der Waals surface area contributed by atoms with Crippen molar-refractivity contribution in [3.05, 3.63) is 29.6 Å². The van der Waals surface area contributed by atoms with E-state index in [-0.39, 0.29) is 0 Å². The van der Waals surface area contributed by atoms with Crippen LogP contribution in [0.3, 0.4) is 0 Å². The molecule has 1 aliphatic rings. The maximum atomic E-state index is 5.72. The fourth-order valence-electron chi connectivity index (χ4n) is 2.58. The molecule has 2 atom stereocenters. The van der Waals surface area contributed by atoms with Gasteiger partial charge in [-0.15, -0.1) is 0 Å². The molecule has 0 bridgehead atoms. The summed E-state index contributed by atoms with van der Waals surface area (Å²) in [4.78, 5) is 7.02. The van der Waals surface area contributed by atoms with E-state index in [1.807, 2.05) is 12.1 Å². The minimum absolute atomic E-state index is 0.304. The molecule has 1 saturated heterocycles. The zero-order valence-electron chi connectivity index (χ0n) is 11.5. The molecule has 2 rings (SSSR count). The molecule has 5 heteroatoms. The Morgan fingerprint density at radius 1 is 1.63 bits per heavy atom. The number of piperidine rings is 1. The summed E-state index contributed by atoms with van der Waals surface area (Å²) >= 11 is 5.05. The lowest BCUT2D eigenvalue weighted by Gasteiger charge is -2.36. The van der Waals surface area contributed by atoms with Gasteiger partial charge in [0, 0.05) is 26.4 Å². The van der Waals surface area contributed by atoms with Gasteiger partial charge < -0.3 is 10.5 Å². The van der Waals surface area contributed by atoms with E-state index in [0.717, 1.165) is 37.3 Å². The number of nitrogens with two attached hydrogens (primary N) is 1. The molecule has 0 saturated carbocycles. The largest absolute Gasteiger partial charge is 0.388 e. The van der Waals surface area contributed by atoms with Gasteiger partial charge in [0.1, 0.15) is 10.7 Å². The van der Waals surface area contributed by atoms with Crippen LogP contribution in [0.2, 0.25) is 0 Å². The molecular formula is C14H21N3OS. The monoisotopic (exact) mass is 279 g/mol. The molecule has 19 heavy (non-hydrogen) atoms. The first-order valence-electron chi connectivity index (χ1n) is 6.60. The zero-order valence-corrected chi connectivity index (χ0v) is 12.3. The Bertz CT molecular complexity index is 452. The SMILES string of the molecule is COC1CN(Cc2cccnc2C(N)=S)CCC1C. The molecule has 2 heterocycles. The fraction of sp³-hybridized carbons (Fsp3) is 0.571. The number of thiocarbonyl (C=S) groups is 1. The maximum absolute atomic E-state index is 5.72. The number of aromatic nitrogens is 1. The second-order valence-electron chi connectivity index (χ2n) is 5.15. The van der Waals surface area contributed by atoms with E-state index in [4.69, 9.17) is 22.7 Å². The van der Waals surface area contributed by atoms with Crippen LogP contribution in [0, 0.1) is 5.92 Å². The molecule has 0 amide bonds. The van der Waals surface area contributed by atoms with Gasteiger partial charge in [-0.05, 0) is 30.5 Å². The molecule has 0 spiro atoms. The fourth-order valence-corrected chi connectivity index (χ4v) is 2.76. The smallest absolute Gasteiger partial charge is 0.123 e. The second kappa shape index (κ2) is 6.41. The Morgan fingerprint density at radius 3 is 3.11 bits per heavy atom. The number of rotatable bonds is 4. The first-order chi connectivity index (χ1) is 9.11. The minimum Gasteiger partial charge on any atom is -0.388 e. The van der Waals surface area contributed by atoms with Gasteiger partial charge in [-0.1, -0.05) is 25.2 Å². The second-order valence-corrected chi connectivity index (χ2v) is 5.59. The third-order valence-electron chi connectivity index (χ3n) is 3.79. The minimum atomic E-state index is 0.304. The molecule has 1 aromatic heterocycles. The van der Waals surface area contributed by atoms with Crippen molar-refractivity contribution in [2.45, 2.75) is 26.0 Å². The highest BCUT2D eigenvalue weighted by molar-refractivity contribution is 7.80. The molecule has 2 unspecified atom stereocenters. The third-order valence-corrected chi connectivity index (χ3v) is 3.99. The summed E-state index contributed by atoms with van der Waals surface area (Å²) < 4.78 is 5.54. The standard InChI is InChI=1S/C14H21N3OS/c1-10-5-7-17(9-12(10)18-2)8-11-4-3-6-16-13(11)14(15)19/h3-4,6,10,12H,5,7-9H2,1-2H3,(H2,15,19). The van der Waals surface area contributed by atoms with Crippen molar-refractivity contribution in [2.24, 2.45) is 11.7 Å². The molecule has 1 fully saturated rings. The van der Waals surface area contributed by atoms with E-state index in [0.29, 0.717) is 17.0 Å². The van der Waals surface area contributed by atoms with Crippen LogP contribution >= 0.6 is 12.2 Å². The van der Waals surface area contributed by atoms with Crippen molar-refractivity contribution in [1.29, 1.82) is 0 Å². The Morgan fingerprint density at radius 2 is 2.42 bits per heavy atom. The van der Waals surface area contributed by atoms with E-state index < -0.39 is 0 Å². The molecule has 104 valence electrons. The topological polar surface area (TPSA) is 51.4 Å². The quantitative estimate of drug-likeness (QED) is 0.848. The number of ether oxygens (including phenoxy) is 1. The van der Waals surface area contributed by atoms with Crippen LogP contribution in [0.15, 0.2) is 18.3 Å². The summed E-state index contributed by atoms with van der Waals surface area (Å²) in [5.41, 5.74) is 7.56. The van der Waals surface area contributed by atoms with Gasteiger partial charge in [0.25, 0.3) is 0 Å². The predicted octanol–water partition coefficient (Wildman–Crippen LogP) is 1.57. The Hall–Kier alpha value is -1.04. The van der Waals surface area contributed by atoms with Crippen LogP contribution in [0.4, 0.5) is 0 Å². The van der Waals surface area contributed by atoms with E-state index in [2.05, 4.69) is 16.8 Å². The molecule has 0 aliphatic carbocycles. The molecule has 1 aromatic rings. The Balaban J connectivity index is 2.07. The lowest BCUT2D eigenvalue weighted by molar-refractivity contribution is -0.00748. The van der Waals surface area contributed by atoms with Crippen LogP contribution in [-0.4, -0.2) is 41.2 Å². The average Bonchev–Trinajstić information content (AvgIpc) is 2.41. The van der Waals surface area contributed by atoms with Crippen LogP contribution in [0.25, 0.3) is 0 Å². The molecule has 0 aromatic carbocycles. The van der Waals surface area contributed by atoms with Crippen molar-refractivity contribution in [1.82, 2.24) is 9.88 Å². The highest BCUT2D eigenvalue weighted by Gasteiger charge is 2.26. The molecule has 2 N–H and O–H groups in total. The first kappa shape index (κ1) is 14.4. The van der Waals surface area contributed by atoms with Crippen LogP contribution < -0.4 is 5.73 Å². The number of methoxy groups -OCH3 is 1. The van der Waals surface area contributed by atoms with Gasteiger partial charge in [0.2, 0.25) is 0 Å². The summed E-state index contributed by atoms with van der Waals surface area (Å²) in [6, 6.07) is 3.97. The molecule has 0 radical (unpaired) electrons. The summed E-state index contributed by atoms with van der Waals surface area (Å²) in [5.74, 6) is 0.616. The van der Waals surface area contributed by atoms with Gasteiger partial charge in [0.15, 0.2) is 0 Å². The first-order valence-corrected chi connectivity index (χ1v) is 7.01. The normalized spacial score (nSPS) is 24.3. The average molecular weight is 279 g/mol. The van der Waals surface area contributed by atoms with Gasteiger partial charge in [-0.3, -0.25) is 9.88 Å². The van der Waals surface area contributed by atoms with Gasteiger partial charge in [-0.2, -0.15) is 0 Å². The molecule has 4 nitrogen and oxygen atoms in total. The summed E-state index contributed by atoms with van der Waals surface area (Å²) in [7, 11) is 1.79. The van der Waals surface area contributed by atoms with Gasteiger partial charge in [-0.25, -0.2) is 0 Å². The summed E-state index contributed by atoms with van der Waals surface area (Å²) in [6.45, 7) is 5.10. The van der Waals surface area contributed by atoms with Gasteiger partial charge in [0.05, 0.1) is 6.10 Å². The van der Waals surface area contributed by atoms with Crippen molar-refractivity contribution >= 4 is 17.2 Å². The van der Waals surface area contributed by atoms with Crippen LogP contribution in [-0.2, 0) is 11.3 Å². The Kier molecular flexibility index (Phi) is 4.85. The maximum Gasteiger partial charge on any atom is 0.123 e. The van der Waals surface area contributed by atoms with Gasteiger partial charge >= 0.3 is 0 Å².